The second-order valence-electron chi connectivity index (χ2n) is 6.11. The maximum atomic E-state index is 11.9. The van der Waals surface area contributed by atoms with Gasteiger partial charge >= 0.3 is 0 Å². The minimum Gasteiger partial charge on any atom is -0.350 e. The first-order valence-corrected chi connectivity index (χ1v) is 6.99. The smallest absolute Gasteiger partial charge is 0.234 e. The molecule has 0 saturated carbocycles. The lowest BCUT2D eigenvalue weighted by atomic mass is 10.1. The minimum absolute atomic E-state index is 0.0851. The molecule has 0 atom stereocenters. The van der Waals surface area contributed by atoms with Crippen molar-refractivity contribution in [3.05, 3.63) is 18.5 Å². The number of nitrogens with one attached hydrogen (secondary N) is 1. The van der Waals surface area contributed by atoms with Crippen molar-refractivity contribution >= 4 is 11.9 Å². The van der Waals surface area contributed by atoms with Crippen LogP contribution in [0.3, 0.4) is 0 Å². The molecule has 0 aromatic carbocycles. The van der Waals surface area contributed by atoms with E-state index in [4.69, 9.17) is 0 Å². The van der Waals surface area contributed by atoms with Crippen LogP contribution in [0.5, 0.6) is 0 Å². The predicted molar refractivity (Wildman–Crippen MR) is 78.6 cm³/mol. The van der Waals surface area contributed by atoms with Gasteiger partial charge in [-0.3, -0.25) is 9.69 Å². The van der Waals surface area contributed by atoms with Gasteiger partial charge in [0.15, 0.2) is 0 Å². The van der Waals surface area contributed by atoms with E-state index in [1.165, 1.54) is 0 Å². The van der Waals surface area contributed by atoms with Gasteiger partial charge in [-0.25, -0.2) is 9.97 Å². The number of hydrogen-bond acceptors (Lipinski definition) is 5. The molecule has 1 saturated heterocycles. The zero-order chi connectivity index (χ0) is 14.6. The molecule has 1 fully saturated rings. The van der Waals surface area contributed by atoms with Gasteiger partial charge in [0, 0.05) is 44.1 Å². The summed E-state index contributed by atoms with van der Waals surface area (Å²) in [5.74, 6) is 0.855. The van der Waals surface area contributed by atoms with Gasteiger partial charge in [-0.1, -0.05) is 0 Å². The molecule has 1 aliphatic rings. The van der Waals surface area contributed by atoms with Crippen LogP contribution in [0.2, 0.25) is 0 Å². The number of rotatable bonds is 3. The fourth-order valence-electron chi connectivity index (χ4n) is 2.22. The van der Waals surface area contributed by atoms with Crippen molar-refractivity contribution in [3.63, 3.8) is 0 Å². The molecule has 0 spiro atoms. The summed E-state index contributed by atoms with van der Waals surface area (Å²) in [5, 5.41) is 2.99. The molecule has 0 radical (unpaired) electrons. The Bertz CT molecular complexity index is 435. The van der Waals surface area contributed by atoms with Crippen molar-refractivity contribution in [2.75, 3.05) is 37.6 Å². The highest BCUT2D eigenvalue weighted by atomic mass is 16.2. The van der Waals surface area contributed by atoms with E-state index < -0.39 is 0 Å². The van der Waals surface area contributed by atoms with E-state index in [0.29, 0.717) is 6.54 Å². The third kappa shape index (κ3) is 4.45. The summed E-state index contributed by atoms with van der Waals surface area (Å²) in [6.07, 6.45) is 3.51. The van der Waals surface area contributed by atoms with E-state index in [1.54, 1.807) is 12.4 Å². The Balaban J connectivity index is 1.79. The van der Waals surface area contributed by atoms with Crippen LogP contribution < -0.4 is 10.2 Å². The van der Waals surface area contributed by atoms with Crippen molar-refractivity contribution < 1.29 is 4.79 Å². The molecule has 6 nitrogen and oxygen atoms in total. The molecule has 6 heteroatoms. The van der Waals surface area contributed by atoms with Gasteiger partial charge in [-0.05, 0) is 26.8 Å². The van der Waals surface area contributed by atoms with Crippen LogP contribution in [-0.2, 0) is 4.79 Å². The quantitative estimate of drug-likeness (QED) is 0.872. The third-order valence-electron chi connectivity index (χ3n) is 3.09. The first-order valence-electron chi connectivity index (χ1n) is 6.99. The summed E-state index contributed by atoms with van der Waals surface area (Å²) in [7, 11) is 0. The van der Waals surface area contributed by atoms with Gasteiger partial charge in [0.25, 0.3) is 0 Å². The summed E-state index contributed by atoms with van der Waals surface area (Å²) in [4.78, 5) is 24.7. The lowest BCUT2D eigenvalue weighted by molar-refractivity contribution is -0.123. The van der Waals surface area contributed by atoms with Gasteiger partial charge in [0.05, 0.1) is 6.54 Å². The molecular formula is C14H23N5O. The molecule has 0 unspecified atom stereocenters. The number of nitrogens with zero attached hydrogens (tertiary/aromatic N) is 4. The van der Waals surface area contributed by atoms with Gasteiger partial charge in [-0.2, -0.15) is 0 Å². The molecule has 1 aromatic rings. The standard InChI is InChI=1S/C14H23N5O/c1-14(2,3)17-12(20)11-18-7-9-19(10-8-18)13-15-5-4-6-16-13/h4-6H,7-11H2,1-3H3,(H,17,20). The molecular weight excluding hydrogens is 254 g/mol. The van der Waals surface area contributed by atoms with Crippen molar-refractivity contribution in [1.82, 2.24) is 20.2 Å². The summed E-state index contributed by atoms with van der Waals surface area (Å²) in [5.41, 5.74) is -0.170. The second kappa shape index (κ2) is 6.17. The average molecular weight is 277 g/mol. The summed E-state index contributed by atoms with van der Waals surface area (Å²) < 4.78 is 0. The number of hydrogen-bond donors (Lipinski definition) is 1. The third-order valence-corrected chi connectivity index (χ3v) is 3.09. The van der Waals surface area contributed by atoms with E-state index in [9.17, 15) is 4.79 Å². The van der Waals surface area contributed by atoms with Crippen molar-refractivity contribution in [1.29, 1.82) is 0 Å². The zero-order valence-corrected chi connectivity index (χ0v) is 12.5. The van der Waals surface area contributed by atoms with E-state index >= 15 is 0 Å². The van der Waals surface area contributed by atoms with Crippen LogP contribution in [0.25, 0.3) is 0 Å². The Kier molecular flexibility index (Phi) is 4.54. The number of carbonyl (C=O) groups is 1. The molecule has 2 heterocycles. The van der Waals surface area contributed by atoms with Gasteiger partial charge in [0.1, 0.15) is 0 Å². The zero-order valence-electron chi connectivity index (χ0n) is 12.5. The highest BCUT2D eigenvalue weighted by Gasteiger charge is 2.22. The minimum atomic E-state index is -0.170. The molecule has 0 bridgehead atoms. The van der Waals surface area contributed by atoms with Crippen LogP contribution >= 0.6 is 0 Å². The summed E-state index contributed by atoms with van der Waals surface area (Å²) in [6.45, 7) is 9.87. The van der Waals surface area contributed by atoms with Crippen LogP contribution in [0.4, 0.5) is 5.95 Å². The monoisotopic (exact) mass is 277 g/mol. The van der Waals surface area contributed by atoms with Crippen LogP contribution in [0.15, 0.2) is 18.5 Å². The van der Waals surface area contributed by atoms with Crippen LogP contribution in [0.1, 0.15) is 20.8 Å². The Labute approximate surface area is 120 Å². The van der Waals surface area contributed by atoms with Gasteiger partial charge in [-0.15, -0.1) is 0 Å². The van der Waals surface area contributed by atoms with Crippen molar-refractivity contribution in [2.45, 2.75) is 26.3 Å². The molecule has 110 valence electrons. The Morgan fingerprint density at radius 1 is 1.20 bits per heavy atom. The van der Waals surface area contributed by atoms with Gasteiger partial charge in [0.2, 0.25) is 11.9 Å². The lowest BCUT2D eigenvalue weighted by Crippen LogP contribution is -2.52. The van der Waals surface area contributed by atoms with Crippen molar-refractivity contribution in [3.8, 4) is 0 Å². The van der Waals surface area contributed by atoms with E-state index in [2.05, 4.69) is 25.1 Å². The number of amides is 1. The molecule has 0 aliphatic carbocycles. The fourth-order valence-corrected chi connectivity index (χ4v) is 2.22. The first-order chi connectivity index (χ1) is 9.44. The maximum absolute atomic E-state index is 11.9. The maximum Gasteiger partial charge on any atom is 0.234 e. The SMILES string of the molecule is CC(C)(C)NC(=O)CN1CCN(c2ncccn2)CC1. The number of anilines is 1. The number of piperazine rings is 1. The van der Waals surface area contributed by atoms with Crippen molar-refractivity contribution in [2.24, 2.45) is 0 Å². The average Bonchev–Trinajstić information content (AvgIpc) is 2.38. The molecule has 1 aliphatic heterocycles. The lowest BCUT2D eigenvalue weighted by Gasteiger charge is -2.34. The summed E-state index contributed by atoms with van der Waals surface area (Å²) in [6, 6.07) is 1.82. The molecule has 20 heavy (non-hydrogen) atoms. The number of carbonyl (C=O) groups excluding carboxylic acids is 1. The van der Waals surface area contributed by atoms with E-state index in [0.717, 1.165) is 32.1 Å². The largest absolute Gasteiger partial charge is 0.350 e. The highest BCUT2D eigenvalue weighted by molar-refractivity contribution is 5.78. The van der Waals surface area contributed by atoms with Gasteiger partial charge < -0.3 is 10.2 Å². The Morgan fingerprint density at radius 3 is 2.35 bits per heavy atom. The Hall–Kier alpha value is -1.69. The first kappa shape index (κ1) is 14.7. The molecule has 1 aromatic heterocycles. The van der Waals surface area contributed by atoms with Crippen LogP contribution in [-0.4, -0.2) is 59.0 Å². The summed E-state index contributed by atoms with van der Waals surface area (Å²) >= 11 is 0. The molecule has 1 amide bonds. The fraction of sp³-hybridized carbons (Fsp3) is 0.643. The van der Waals surface area contributed by atoms with Crippen LogP contribution in [0, 0.1) is 0 Å². The number of aromatic nitrogens is 2. The van der Waals surface area contributed by atoms with E-state index in [1.807, 2.05) is 26.8 Å². The Morgan fingerprint density at radius 2 is 1.80 bits per heavy atom. The highest BCUT2D eigenvalue weighted by Crippen LogP contribution is 2.09. The van der Waals surface area contributed by atoms with E-state index in [-0.39, 0.29) is 11.4 Å². The molecule has 1 N–H and O–H groups in total. The predicted octanol–water partition coefficient (Wildman–Crippen LogP) is 0.513. The second-order valence-corrected chi connectivity index (χ2v) is 6.11. The normalized spacial score (nSPS) is 17.1. The molecule has 2 rings (SSSR count). The topological polar surface area (TPSA) is 61.4 Å².